The highest BCUT2D eigenvalue weighted by Gasteiger charge is 2.38. The van der Waals surface area contributed by atoms with Gasteiger partial charge in [-0.05, 0) is 50.8 Å². The molecule has 0 aromatic heterocycles. The van der Waals surface area contributed by atoms with Crippen molar-refractivity contribution < 1.29 is 23.5 Å². The molecule has 1 saturated heterocycles. The van der Waals surface area contributed by atoms with Crippen LogP contribution in [0, 0.1) is 5.82 Å². The van der Waals surface area contributed by atoms with Gasteiger partial charge in [0.2, 0.25) is 12.3 Å². The fourth-order valence-corrected chi connectivity index (χ4v) is 5.32. The first-order valence-corrected chi connectivity index (χ1v) is 14.6. The predicted molar refractivity (Wildman–Crippen MR) is 174 cm³/mol. The van der Waals surface area contributed by atoms with Gasteiger partial charge in [0.1, 0.15) is 35.6 Å². The molecule has 1 fully saturated rings. The van der Waals surface area contributed by atoms with Crippen molar-refractivity contribution in [1.29, 1.82) is 0 Å². The number of allylic oxidation sites excluding steroid dienone is 3. The lowest BCUT2D eigenvalue weighted by atomic mass is 9.58. The monoisotopic (exact) mass is 578 g/mol. The lowest BCUT2D eigenvalue weighted by molar-refractivity contribution is -0.135. The Morgan fingerprint density at radius 2 is 1.88 bits per heavy atom. The second-order valence-corrected chi connectivity index (χ2v) is 11.8. The number of carbonyl (C=O) groups is 3. The van der Waals surface area contributed by atoms with Gasteiger partial charge in [-0.1, -0.05) is 36.4 Å². The molecule has 2 amide bonds. The van der Waals surface area contributed by atoms with E-state index in [1.54, 1.807) is 20.1 Å². The Balaban J connectivity index is 2.42. The predicted octanol–water partition coefficient (Wildman–Crippen LogP) is 0.320. The topological polar surface area (TPSA) is 91.0 Å². The third kappa shape index (κ3) is 9.20. The number of morpholine rings is 1. The number of aldehydes is 1. The Hall–Kier alpha value is -3.11. The zero-order valence-corrected chi connectivity index (χ0v) is 26.5. The highest BCUT2D eigenvalue weighted by molar-refractivity contribution is 6.39. The van der Waals surface area contributed by atoms with Crippen molar-refractivity contribution in [2.24, 2.45) is 0 Å². The molecule has 1 aromatic carbocycles. The third-order valence-electron chi connectivity index (χ3n) is 7.86. The van der Waals surface area contributed by atoms with E-state index in [1.165, 1.54) is 11.9 Å². The number of halogens is 1. The number of rotatable bonds is 15. The zero-order chi connectivity index (χ0) is 31.5. The van der Waals surface area contributed by atoms with E-state index in [0.29, 0.717) is 24.1 Å². The van der Waals surface area contributed by atoms with E-state index in [9.17, 15) is 14.4 Å². The molecule has 0 radical (unpaired) electrons. The summed E-state index contributed by atoms with van der Waals surface area (Å²) in [6, 6.07) is 5.49. The molecule has 3 unspecified atom stereocenters. The van der Waals surface area contributed by atoms with Crippen LogP contribution in [0.2, 0.25) is 0 Å². The van der Waals surface area contributed by atoms with Crippen LogP contribution in [0.15, 0.2) is 53.8 Å². The zero-order valence-electron chi connectivity index (χ0n) is 26.5. The van der Waals surface area contributed by atoms with E-state index in [2.05, 4.69) is 15.5 Å². The molecule has 1 aliphatic rings. The number of nitrogens with zero attached hydrogens (tertiary/aromatic N) is 2. The number of likely N-dealkylation sites (N-methyl/N-ethyl adjacent to an activating group) is 1. The summed E-state index contributed by atoms with van der Waals surface area (Å²) in [7, 11) is 6.97. The number of ether oxygens (including phenoxy) is 1. The number of carbonyl (C=O) groups excluding carboxylic acids is 3. The average molecular weight is 578 g/mol. The maximum absolute atomic E-state index is 16.0. The summed E-state index contributed by atoms with van der Waals surface area (Å²) in [6.45, 7) is 9.97. The van der Waals surface area contributed by atoms with Crippen LogP contribution in [0.1, 0.15) is 51.7 Å². The summed E-state index contributed by atoms with van der Waals surface area (Å²) in [5.74, 6) is -0.615. The second kappa shape index (κ2) is 15.9. The van der Waals surface area contributed by atoms with Gasteiger partial charge in [0, 0.05) is 56.7 Å². The first-order chi connectivity index (χ1) is 19.8. The molecule has 0 bridgehead atoms. The standard InChI is InChI=1S/C30H46B3FN4O4/c1-6-7-10-21(2)25(19-38(20-40)29(31,13-9-14-39)28(41)35-5)15-36-30(32,33)26-12-8-11-24(27(26)34)18-37-16-22(3)42-23(4)17-37/h6-8,10-12,14-15,20,22-23,36H,9,13,16-19,31-33H2,1-5H3,(H,35,41)/b7-6-,21-10-,25-15+. The van der Waals surface area contributed by atoms with Crippen molar-refractivity contribution in [3.63, 3.8) is 0 Å². The number of hydrogen-bond acceptors (Lipinski definition) is 6. The molecule has 1 aliphatic heterocycles. The molecular formula is C30H46B3FN4O4. The summed E-state index contributed by atoms with van der Waals surface area (Å²) >= 11 is 0. The molecule has 3 atom stereocenters. The van der Waals surface area contributed by atoms with Gasteiger partial charge in [0.05, 0.1) is 17.6 Å². The summed E-state index contributed by atoms with van der Waals surface area (Å²) < 4.78 is 21.8. The molecular weight excluding hydrogens is 532 g/mol. The normalized spacial score (nSPS) is 20.1. The van der Waals surface area contributed by atoms with Crippen LogP contribution < -0.4 is 10.6 Å². The Labute approximate surface area is 253 Å². The molecule has 0 saturated carbocycles. The van der Waals surface area contributed by atoms with Crippen molar-refractivity contribution in [2.75, 3.05) is 26.7 Å². The second-order valence-electron chi connectivity index (χ2n) is 11.8. The Morgan fingerprint density at radius 1 is 1.21 bits per heavy atom. The third-order valence-corrected chi connectivity index (χ3v) is 7.86. The SMILES string of the molecule is BC(B)(N/C=C(CN(C=O)C(B)(CCC=O)C(=O)NC)/C(C)=C\C=C/C)c1cccc(CN2CC(C)OC(C)C2)c1F. The quantitative estimate of drug-likeness (QED) is 0.177. The molecule has 2 N–H and O–H groups in total. The van der Waals surface area contributed by atoms with Crippen LogP contribution in [0.4, 0.5) is 4.39 Å². The summed E-state index contributed by atoms with van der Waals surface area (Å²) in [5.41, 5.74) is 1.51. The van der Waals surface area contributed by atoms with E-state index in [4.69, 9.17) is 4.74 Å². The summed E-state index contributed by atoms with van der Waals surface area (Å²) in [4.78, 5) is 40.0. The van der Waals surface area contributed by atoms with E-state index in [1.807, 2.05) is 73.7 Å². The van der Waals surface area contributed by atoms with Crippen molar-refractivity contribution >= 4 is 42.1 Å². The van der Waals surface area contributed by atoms with E-state index in [-0.39, 0.29) is 43.3 Å². The van der Waals surface area contributed by atoms with Crippen molar-refractivity contribution in [1.82, 2.24) is 20.4 Å². The number of hydrogen-bond donors (Lipinski definition) is 2. The molecule has 8 nitrogen and oxygen atoms in total. The molecule has 0 aliphatic carbocycles. The van der Waals surface area contributed by atoms with Crippen molar-refractivity contribution in [2.45, 2.75) is 70.1 Å². The van der Waals surface area contributed by atoms with Crippen LogP contribution in [0.25, 0.3) is 0 Å². The molecule has 226 valence electrons. The maximum atomic E-state index is 16.0. The van der Waals surface area contributed by atoms with Crippen molar-refractivity contribution in [3.8, 4) is 0 Å². The van der Waals surface area contributed by atoms with Crippen LogP contribution in [-0.4, -0.2) is 96.3 Å². The van der Waals surface area contributed by atoms with Gasteiger partial charge in [-0.2, -0.15) is 0 Å². The molecule has 12 heteroatoms. The van der Waals surface area contributed by atoms with Gasteiger partial charge in [0.15, 0.2) is 0 Å². The van der Waals surface area contributed by atoms with Crippen LogP contribution in [-0.2, 0) is 31.0 Å². The maximum Gasteiger partial charge on any atom is 0.236 e. The van der Waals surface area contributed by atoms with Gasteiger partial charge in [-0.3, -0.25) is 14.5 Å². The van der Waals surface area contributed by atoms with E-state index < -0.39 is 10.8 Å². The highest BCUT2D eigenvalue weighted by atomic mass is 19.1. The van der Waals surface area contributed by atoms with Gasteiger partial charge >= 0.3 is 0 Å². The van der Waals surface area contributed by atoms with Crippen LogP contribution >= 0.6 is 0 Å². The number of amides is 2. The fourth-order valence-electron chi connectivity index (χ4n) is 5.32. The molecule has 0 spiro atoms. The smallest absolute Gasteiger partial charge is 0.236 e. The number of benzene rings is 1. The fraction of sp³-hybridized carbons (Fsp3) is 0.500. The Kier molecular flexibility index (Phi) is 13.3. The minimum absolute atomic E-state index is 0.0927. The first-order valence-electron chi connectivity index (χ1n) is 14.6. The molecule has 1 heterocycles. The molecule has 1 aromatic rings. The minimum Gasteiger partial charge on any atom is -0.397 e. The molecule has 2 rings (SSSR count). The summed E-state index contributed by atoms with van der Waals surface area (Å²) in [5, 5.41) is 5.21. The van der Waals surface area contributed by atoms with Gasteiger partial charge in [-0.15, -0.1) is 0 Å². The van der Waals surface area contributed by atoms with Gasteiger partial charge in [-0.25, -0.2) is 4.39 Å². The van der Waals surface area contributed by atoms with Gasteiger partial charge < -0.3 is 25.1 Å². The lowest BCUT2D eigenvalue weighted by Crippen LogP contribution is -2.59. The summed E-state index contributed by atoms with van der Waals surface area (Å²) in [6.07, 6.45) is 9.35. The van der Waals surface area contributed by atoms with Gasteiger partial charge in [0.25, 0.3) is 0 Å². The average Bonchev–Trinajstić information content (AvgIpc) is 2.94. The first kappa shape index (κ1) is 35.1. The molecule has 42 heavy (non-hydrogen) atoms. The lowest BCUT2D eigenvalue weighted by Gasteiger charge is -2.38. The van der Waals surface area contributed by atoms with Crippen LogP contribution in [0.5, 0.6) is 0 Å². The number of nitrogens with one attached hydrogen (secondary N) is 2. The van der Waals surface area contributed by atoms with Crippen molar-refractivity contribution in [3.05, 3.63) is 70.7 Å². The largest absolute Gasteiger partial charge is 0.397 e. The Morgan fingerprint density at radius 3 is 2.45 bits per heavy atom. The highest BCUT2D eigenvalue weighted by Crippen LogP contribution is 2.25. The minimum atomic E-state index is -1.23. The van der Waals surface area contributed by atoms with E-state index in [0.717, 1.165) is 30.5 Å². The Bertz CT molecular complexity index is 1180. The van der Waals surface area contributed by atoms with Crippen LogP contribution in [0.3, 0.4) is 0 Å². The van der Waals surface area contributed by atoms with E-state index >= 15 is 4.39 Å².